The fourth-order valence-corrected chi connectivity index (χ4v) is 5.27. The van der Waals surface area contributed by atoms with Gasteiger partial charge < -0.3 is 10.6 Å². The number of halogens is 2. The Labute approximate surface area is 157 Å². The molecule has 0 spiro atoms. The van der Waals surface area contributed by atoms with Gasteiger partial charge in [0.2, 0.25) is 5.91 Å². The minimum Gasteiger partial charge on any atom is -0.338 e. The van der Waals surface area contributed by atoms with Gasteiger partial charge in [-0.3, -0.25) is 4.79 Å². The monoisotopic (exact) mass is 418 g/mol. The van der Waals surface area contributed by atoms with Gasteiger partial charge in [-0.1, -0.05) is 22.4 Å². The third-order valence-electron chi connectivity index (χ3n) is 5.07. The van der Waals surface area contributed by atoms with E-state index in [4.69, 9.17) is 5.73 Å². The zero-order chi connectivity index (χ0) is 15.7. The lowest BCUT2D eigenvalue weighted by atomic mass is 9.93. The summed E-state index contributed by atoms with van der Waals surface area (Å²) in [4.78, 5) is 16.3. The number of hydrogen-bond acceptors (Lipinski definition) is 3. The number of thioether (sulfide) groups is 1. The van der Waals surface area contributed by atoms with Crippen molar-refractivity contribution >= 4 is 46.0 Å². The summed E-state index contributed by atoms with van der Waals surface area (Å²) in [7, 11) is 1.97. The van der Waals surface area contributed by atoms with E-state index in [0.29, 0.717) is 12.5 Å². The second-order valence-electron chi connectivity index (χ2n) is 6.32. The first-order chi connectivity index (χ1) is 10.6. The maximum Gasteiger partial charge on any atom is 0.226 e. The summed E-state index contributed by atoms with van der Waals surface area (Å²) < 4.78 is 1.08. The van der Waals surface area contributed by atoms with Crippen molar-refractivity contribution in [2.45, 2.75) is 36.6 Å². The molecule has 3 rings (SSSR count). The molecule has 0 aromatic heterocycles. The minimum atomic E-state index is 0. The highest BCUT2D eigenvalue weighted by Crippen LogP contribution is 2.42. The molecule has 128 valence electrons. The molecule has 2 aliphatic rings. The average Bonchev–Trinajstić information content (AvgIpc) is 3.01. The molecule has 0 saturated heterocycles. The van der Waals surface area contributed by atoms with Crippen LogP contribution in [-0.2, 0) is 4.79 Å². The van der Waals surface area contributed by atoms with Crippen LogP contribution >= 0.6 is 40.1 Å². The van der Waals surface area contributed by atoms with Gasteiger partial charge in [0.15, 0.2) is 0 Å². The molecule has 3 atom stereocenters. The molecule has 1 fully saturated rings. The number of hydrogen-bond donors (Lipinski definition) is 1. The molecule has 1 saturated carbocycles. The van der Waals surface area contributed by atoms with Gasteiger partial charge in [-0.05, 0) is 55.5 Å². The van der Waals surface area contributed by atoms with Crippen molar-refractivity contribution in [3.63, 3.8) is 0 Å². The zero-order valence-corrected chi connectivity index (χ0v) is 16.6. The highest BCUT2D eigenvalue weighted by molar-refractivity contribution is 9.10. The van der Waals surface area contributed by atoms with Crippen molar-refractivity contribution in [1.82, 2.24) is 4.90 Å². The third-order valence-corrected chi connectivity index (χ3v) is 6.69. The molecule has 0 radical (unpaired) electrons. The highest BCUT2D eigenvalue weighted by atomic mass is 79.9. The first kappa shape index (κ1) is 19.1. The van der Waals surface area contributed by atoms with Gasteiger partial charge in [0, 0.05) is 28.1 Å². The standard InChI is InChI=1S/C17H23BrN2OS.ClH/c1-20(17(21)13-4-2-3-11(13)10-19)15-7-8-22-16-6-5-12(18)9-14(15)16;/h5-6,9,11,13,15H,2-4,7-8,10,19H2,1H3;1H/t11-,13-,15?;/m1./s1. The Balaban J connectivity index is 0.00000192. The molecule has 1 unspecified atom stereocenters. The molecule has 1 amide bonds. The zero-order valence-electron chi connectivity index (χ0n) is 13.3. The van der Waals surface area contributed by atoms with E-state index in [0.717, 1.165) is 35.9 Å². The molecule has 23 heavy (non-hydrogen) atoms. The fraction of sp³-hybridized carbons (Fsp3) is 0.588. The molecular formula is C17H24BrClN2OS. The van der Waals surface area contributed by atoms with Crippen molar-refractivity contribution in [1.29, 1.82) is 0 Å². The minimum absolute atomic E-state index is 0. The predicted octanol–water partition coefficient (Wildman–Crippen LogP) is 4.24. The lowest BCUT2D eigenvalue weighted by Gasteiger charge is -2.35. The first-order valence-corrected chi connectivity index (χ1v) is 9.78. The van der Waals surface area contributed by atoms with Crippen LogP contribution in [-0.4, -0.2) is 30.2 Å². The topological polar surface area (TPSA) is 46.3 Å². The Morgan fingerprint density at radius 3 is 2.91 bits per heavy atom. The molecule has 3 nitrogen and oxygen atoms in total. The van der Waals surface area contributed by atoms with Crippen LogP contribution in [0.4, 0.5) is 0 Å². The van der Waals surface area contributed by atoms with Crippen LogP contribution in [0.3, 0.4) is 0 Å². The van der Waals surface area contributed by atoms with E-state index in [-0.39, 0.29) is 30.3 Å². The van der Waals surface area contributed by atoms with E-state index in [1.807, 2.05) is 23.7 Å². The molecule has 1 heterocycles. The summed E-state index contributed by atoms with van der Waals surface area (Å²) in [5.74, 6) is 1.85. The average molecular weight is 420 g/mol. The molecule has 1 aliphatic heterocycles. The van der Waals surface area contributed by atoms with Gasteiger partial charge in [0.25, 0.3) is 0 Å². The summed E-state index contributed by atoms with van der Waals surface area (Å²) in [5, 5.41) is 0. The van der Waals surface area contributed by atoms with E-state index in [2.05, 4.69) is 34.1 Å². The molecule has 1 aromatic carbocycles. The largest absolute Gasteiger partial charge is 0.338 e. The second-order valence-corrected chi connectivity index (χ2v) is 8.37. The van der Waals surface area contributed by atoms with E-state index < -0.39 is 0 Å². The number of fused-ring (bicyclic) bond motifs is 1. The molecular weight excluding hydrogens is 396 g/mol. The van der Waals surface area contributed by atoms with Crippen molar-refractivity contribution in [2.24, 2.45) is 17.6 Å². The van der Waals surface area contributed by atoms with Crippen LogP contribution in [0.15, 0.2) is 27.6 Å². The Morgan fingerprint density at radius 2 is 2.17 bits per heavy atom. The van der Waals surface area contributed by atoms with E-state index in [9.17, 15) is 4.79 Å². The number of carbonyl (C=O) groups excluding carboxylic acids is 1. The smallest absolute Gasteiger partial charge is 0.226 e. The van der Waals surface area contributed by atoms with Crippen LogP contribution in [0.2, 0.25) is 0 Å². The quantitative estimate of drug-likeness (QED) is 0.797. The van der Waals surface area contributed by atoms with Crippen LogP contribution in [0.1, 0.15) is 37.3 Å². The molecule has 0 bridgehead atoms. The number of amides is 1. The van der Waals surface area contributed by atoms with Crippen molar-refractivity contribution < 1.29 is 4.79 Å². The number of carbonyl (C=O) groups is 1. The summed E-state index contributed by atoms with van der Waals surface area (Å²) >= 11 is 5.45. The number of nitrogens with zero attached hydrogens (tertiary/aromatic N) is 1. The van der Waals surface area contributed by atoms with Crippen molar-refractivity contribution in [3.8, 4) is 0 Å². The predicted molar refractivity (Wildman–Crippen MR) is 102 cm³/mol. The van der Waals surface area contributed by atoms with Gasteiger partial charge in [-0.15, -0.1) is 24.2 Å². The van der Waals surface area contributed by atoms with Crippen molar-refractivity contribution in [3.05, 3.63) is 28.2 Å². The maximum atomic E-state index is 13.0. The summed E-state index contributed by atoms with van der Waals surface area (Å²) in [5.41, 5.74) is 7.14. The fourth-order valence-electron chi connectivity index (χ4n) is 3.81. The van der Waals surface area contributed by atoms with Crippen LogP contribution in [0, 0.1) is 11.8 Å². The maximum absolute atomic E-state index is 13.0. The van der Waals surface area contributed by atoms with E-state index >= 15 is 0 Å². The Hall–Kier alpha value is -0.230. The number of benzene rings is 1. The summed E-state index contributed by atoms with van der Waals surface area (Å²) in [6.07, 6.45) is 4.26. The van der Waals surface area contributed by atoms with E-state index in [1.54, 1.807) is 0 Å². The number of nitrogens with two attached hydrogens (primary N) is 1. The number of rotatable bonds is 3. The van der Waals surface area contributed by atoms with Crippen LogP contribution in [0.5, 0.6) is 0 Å². The van der Waals surface area contributed by atoms with Crippen molar-refractivity contribution in [2.75, 3.05) is 19.3 Å². The Kier molecular flexibility index (Phi) is 6.84. The molecule has 1 aromatic rings. The SMILES string of the molecule is CN(C(=O)[C@@H]1CCC[C@@H]1CN)C1CCSc2ccc(Br)cc21.Cl. The Bertz CT molecular complexity index is 572. The van der Waals surface area contributed by atoms with Crippen LogP contribution in [0.25, 0.3) is 0 Å². The van der Waals surface area contributed by atoms with Gasteiger partial charge in [-0.25, -0.2) is 0 Å². The molecule has 2 N–H and O–H groups in total. The van der Waals surface area contributed by atoms with E-state index in [1.165, 1.54) is 10.5 Å². The van der Waals surface area contributed by atoms with Crippen LogP contribution < -0.4 is 5.73 Å². The third kappa shape index (κ3) is 3.89. The molecule has 1 aliphatic carbocycles. The van der Waals surface area contributed by atoms with Gasteiger partial charge in [0.05, 0.1) is 6.04 Å². The van der Waals surface area contributed by atoms with Gasteiger partial charge >= 0.3 is 0 Å². The van der Waals surface area contributed by atoms with Gasteiger partial charge in [-0.2, -0.15) is 0 Å². The lowest BCUT2D eigenvalue weighted by Crippen LogP contribution is -2.39. The van der Waals surface area contributed by atoms with Gasteiger partial charge in [0.1, 0.15) is 0 Å². The second kappa shape index (κ2) is 8.24. The Morgan fingerprint density at radius 1 is 1.39 bits per heavy atom. The highest BCUT2D eigenvalue weighted by Gasteiger charge is 2.37. The lowest BCUT2D eigenvalue weighted by molar-refractivity contribution is -0.137. The first-order valence-electron chi connectivity index (χ1n) is 8.00. The molecule has 6 heteroatoms. The summed E-state index contributed by atoms with van der Waals surface area (Å²) in [6, 6.07) is 6.61. The summed E-state index contributed by atoms with van der Waals surface area (Å²) in [6.45, 7) is 0.632. The normalized spacial score (nSPS) is 26.3.